The minimum Gasteiger partial charge on any atom is -0.456 e. The Hall–Kier alpha value is -5.54. The lowest BCUT2D eigenvalue weighted by Crippen LogP contribution is -2.14. The highest BCUT2D eigenvalue weighted by molar-refractivity contribution is 6.09. The van der Waals surface area contributed by atoms with Gasteiger partial charge in [0.05, 0.1) is 11.2 Å². The molecular formula is C45H36N2O. The Morgan fingerprint density at radius 1 is 0.562 bits per heavy atom. The molecule has 232 valence electrons. The van der Waals surface area contributed by atoms with Crippen LogP contribution in [0.3, 0.4) is 0 Å². The molecule has 3 nitrogen and oxygen atoms in total. The zero-order valence-electron chi connectivity index (χ0n) is 27.8. The van der Waals surface area contributed by atoms with E-state index >= 15 is 0 Å². The highest BCUT2D eigenvalue weighted by Crippen LogP contribution is 2.50. The number of para-hydroxylation sites is 1. The van der Waals surface area contributed by atoms with Gasteiger partial charge in [0.15, 0.2) is 5.82 Å². The molecule has 0 aliphatic heterocycles. The third-order valence-electron chi connectivity index (χ3n) is 10.5. The molecule has 3 heteroatoms. The van der Waals surface area contributed by atoms with E-state index in [1.807, 2.05) is 0 Å². The Bertz CT molecular complexity index is 2570. The van der Waals surface area contributed by atoms with Gasteiger partial charge in [0, 0.05) is 38.3 Å². The molecule has 9 rings (SSSR count). The molecule has 0 atom stereocenters. The van der Waals surface area contributed by atoms with E-state index in [4.69, 9.17) is 14.4 Å². The fraction of sp³-hybridized carbons (Fsp3) is 0.156. The first-order chi connectivity index (χ1) is 23.5. The number of fused-ring (bicyclic) bond motifs is 7. The molecule has 0 spiro atoms. The highest BCUT2D eigenvalue weighted by Gasteiger charge is 2.35. The number of hydrogen-bond donors (Lipinski definition) is 0. The minimum atomic E-state index is -0.0865. The van der Waals surface area contributed by atoms with Crippen molar-refractivity contribution in [3.63, 3.8) is 0 Å². The lowest BCUT2D eigenvalue weighted by atomic mass is 9.82. The Morgan fingerprint density at radius 3 is 2.15 bits per heavy atom. The topological polar surface area (TPSA) is 38.9 Å². The molecule has 0 N–H and O–H groups in total. The van der Waals surface area contributed by atoms with Crippen LogP contribution in [-0.2, 0) is 18.3 Å². The maximum absolute atomic E-state index is 6.61. The van der Waals surface area contributed by atoms with E-state index < -0.39 is 0 Å². The molecule has 1 aliphatic carbocycles. The molecule has 0 amide bonds. The molecular weight excluding hydrogens is 585 g/mol. The summed E-state index contributed by atoms with van der Waals surface area (Å²) in [6, 6.07) is 43.6. The second-order valence-electron chi connectivity index (χ2n) is 13.5. The zero-order chi connectivity index (χ0) is 32.6. The van der Waals surface area contributed by atoms with Crippen molar-refractivity contribution in [1.82, 2.24) is 9.97 Å². The molecule has 0 saturated heterocycles. The van der Waals surface area contributed by atoms with Gasteiger partial charge in [0.25, 0.3) is 0 Å². The third-order valence-corrected chi connectivity index (χ3v) is 10.5. The Labute approximate surface area is 280 Å². The van der Waals surface area contributed by atoms with Crippen LogP contribution in [0.2, 0.25) is 0 Å². The number of aryl methyl sites for hydroxylation is 2. The van der Waals surface area contributed by atoms with Crippen molar-refractivity contribution in [1.29, 1.82) is 0 Å². The molecule has 1 aliphatic rings. The number of nitrogens with zero attached hydrogens (tertiary/aromatic N) is 2. The SMILES string of the molecule is CCc1ccccc1-c1ccc2c(oc3ccc(-c4nc(-c5ccc6c(c5)C(C)(C)c5ccccc5-6)c5ccccc5n4)cc32)c1CC. The van der Waals surface area contributed by atoms with E-state index in [1.165, 1.54) is 44.5 Å². The van der Waals surface area contributed by atoms with E-state index in [0.29, 0.717) is 5.82 Å². The van der Waals surface area contributed by atoms with Gasteiger partial charge in [0.2, 0.25) is 0 Å². The molecule has 6 aromatic carbocycles. The van der Waals surface area contributed by atoms with Crippen LogP contribution in [0.5, 0.6) is 0 Å². The predicted molar refractivity (Wildman–Crippen MR) is 199 cm³/mol. The van der Waals surface area contributed by atoms with Gasteiger partial charge in [-0.3, -0.25) is 0 Å². The summed E-state index contributed by atoms with van der Waals surface area (Å²) < 4.78 is 6.61. The summed E-state index contributed by atoms with van der Waals surface area (Å²) in [5.74, 6) is 0.715. The summed E-state index contributed by atoms with van der Waals surface area (Å²) in [4.78, 5) is 10.4. The lowest BCUT2D eigenvalue weighted by molar-refractivity contribution is 0.660. The van der Waals surface area contributed by atoms with Gasteiger partial charge in [-0.05, 0) is 88.2 Å². The predicted octanol–water partition coefficient (Wildman–Crippen LogP) is 12.0. The van der Waals surface area contributed by atoms with Crippen LogP contribution in [0, 0.1) is 0 Å². The average Bonchev–Trinajstić information content (AvgIpc) is 3.62. The van der Waals surface area contributed by atoms with Crippen LogP contribution in [0.25, 0.3) is 77.7 Å². The summed E-state index contributed by atoms with van der Waals surface area (Å²) in [7, 11) is 0. The second kappa shape index (κ2) is 10.7. The van der Waals surface area contributed by atoms with Crippen molar-refractivity contribution in [3.8, 4) is 44.9 Å². The molecule has 48 heavy (non-hydrogen) atoms. The van der Waals surface area contributed by atoms with Crippen LogP contribution < -0.4 is 0 Å². The van der Waals surface area contributed by atoms with Crippen LogP contribution in [0.4, 0.5) is 0 Å². The number of furan rings is 1. The number of benzene rings is 6. The van der Waals surface area contributed by atoms with Crippen LogP contribution in [-0.4, -0.2) is 9.97 Å². The van der Waals surface area contributed by atoms with Crippen molar-refractivity contribution in [2.24, 2.45) is 0 Å². The smallest absolute Gasteiger partial charge is 0.160 e. The van der Waals surface area contributed by atoms with Crippen LogP contribution >= 0.6 is 0 Å². The fourth-order valence-corrected chi connectivity index (χ4v) is 8.01. The van der Waals surface area contributed by atoms with Crippen molar-refractivity contribution in [3.05, 3.63) is 144 Å². The normalized spacial score (nSPS) is 13.3. The van der Waals surface area contributed by atoms with Gasteiger partial charge in [-0.25, -0.2) is 9.97 Å². The first-order valence-corrected chi connectivity index (χ1v) is 17.0. The van der Waals surface area contributed by atoms with Crippen molar-refractivity contribution >= 4 is 32.8 Å². The fourth-order valence-electron chi connectivity index (χ4n) is 8.01. The van der Waals surface area contributed by atoms with Gasteiger partial charge in [0.1, 0.15) is 11.2 Å². The Morgan fingerprint density at radius 2 is 1.29 bits per heavy atom. The standard InChI is InChI=1S/C45H36N2O/c1-5-27-13-7-8-14-31(27)32-22-23-35-37-25-29(20-24-41(37)48-43(35)30(32)6-2)44-46-40-18-12-10-16-36(40)42(47-44)28-19-21-34-33-15-9-11-17-38(33)45(3,4)39(34)26-28/h7-26H,5-6H2,1-4H3. The Balaban J connectivity index is 1.20. The first kappa shape index (κ1) is 28.7. The number of rotatable bonds is 5. The highest BCUT2D eigenvalue weighted by atomic mass is 16.3. The molecule has 0 unspecified atom stereocenters. The molecule has 0 saturated carbocycles. The average molecular weight is 621 g/mol. The van der Waals surface area contributed by atoms with Gasteiger partial charge in [-0.15, -0.1) is 0 Å². The Kier molecular flexibility index (Phi) is 6.42. The van der Waals surface area contributed by atoms with E-state index in [-0.39, 0.29) is 5.41 Å². The number of hydrogen-bond acceptors (Lipinski definition) is 3. The zero-order valence-corrected chi connectivity index (χ0v) is 27.8. The summed E-state index contributed by atoms with van der Waals surface area (Å²) in [6.45, 7) is 9.08. The van der Waals surface area contributed by atoms with E-state index in [9.17, 15) is 0 Å². The van der Waals surface area contributed by atoms with E-state index in [2.05, 4.69) is 149 Å². The summed E-state index contributed by atoms with van der Waals surface area (Å²) in [5.41, 5.74) is 16.2. The van der Waals surface area contributed by atoms with Gasteiger partial charge in [-0.1, -0.05) is 113 Å². The second-order valence-corrected chi connectivity index (χ2v) is 13.5. The number of aromatic nitrogens is 2. The summed E-state index contributed by atoms with van der Waals surface area (Å²) in [5, 5.41) is 3.27. The molecule has 0 fully saturated rings. The van der Waals surface area contributed by atoms with E-state index in [1.54, 1.807) is 0 Å². The van der Waals surface area contributed by atoms with Gasteiger partial charge < -0.3 is 4.42 Å². The minimum absolute atomic E-state index is 0.0865. The maximum Gasteiger partial charge on any atom is 0.160 e. The lowest BCUT2D eigenvalue weighted by Gasteiger charge is -2.22. The summed E-state index contributed by atoms with van der Waals surface area (Å²) in [6.07, 6.45) is 1.88. The molecule has 8 aromatic rings. The van der Waals surface area contributed by atoms with Crippen molar-refractivity contribution < 1.29 is 4.42 Å². The van der Waals surface area contributed by atoms with Crippen LogP contribution in [0.1, 0.15) is 49.9 Å². The monoisotopic (exact) mass is 620 g/mol. The first-order valence-electron chi connectivity index (χ1n) is 17.0. The van der Waals surface area contributed by atoms with Crippen molar-refractivity contribution in [2.75, 3.05) is 0 Å². The quantitative estimate of drug-likeness (QED) is 0.192. The molecule has 0 bridgehead atoms. The van der Waals surface area contributed by atoms with Gasteiger partial charge >= 0.3 is 0 Å². The third kappa shape index (κ3) is 4.20. The maximum atomic E-state index is 6.61. The van der Waals surface area contributed by atoms with Crippen molar-refractivity contribution in [2.45, 2.75) is 46.0 Å². The molecule has 2 heterocycles. The molecule has 2 aromatic heterocycles. The van der Waals surface area contributed by atoms with Gasteiger partial charge in [-0.2, -0.15) is 0 Å². The summed E-state index contributed by atoms with van der Waals surface area (Å²) >= 11 is 0. The molecule has 0 radical (unpaired) electrons. The van der Waals surface area contributed by atoms with Crippen LogP contribution in [0.15, 0.2) is 126 Å². The largest absolute Gasteiger partial charge is 0.456 e. The van der Waals surface area contributed by atoms with E-state index in [0.717, 1.165) is 62.5 Å².